The molecule has 2 aliphatic heterocycles. The summed E-state index contributed by atoms with van der Waals surface area (Å²) < 4.78 is 25.9. The summed E-state index contributed by atoms with van der Waals surface area (Å²) in [6.07, 6.45) is -0.614. The highest BCUT2D eigenvalue weighted by molar-refractivity contribution is 6.05. The third-order valence-corrected chi connectivity index (χ3v) is 4.97. The van der Waals surface area contributed by atoms with Crippen molar-refractivity contribution in [2.75, 3.05) is 23.8 Å². The van der Waals surface area contributed by atoms with Crippen molar-refractivity contribution in [3.05, 3.63) is 46.0 Å². The fourth-order valence-electron chi connectivity index (χ4n) is 3.46. The van der Waals surface area contributed by atoms with Gasteiger partial charge in [-0.25, -0.2) is 9.18 Å². The van der Waals surface area contributed by atoms with Gasteiger partial charge >= 0.3 is 5.69 Å². The zero-order chi connectivity index (χ0) is 20.8. The maximum absolute atomic E-state index is 13.8. The number of carbonyl (C=O) groups is 1. The summed E-state index contributed by atoms with van der Waals surface area (Å²) in [6.45, 7) is 6.59. The third-order valence-electron chi connectivity index (χ3n) is 4.97. The first kappa shape index (κ1) is 19.4. The van der Waals surface area contributed by atoms with Crippen molar-refractivity contribution in [3.8, 4) is 5.75 Å². The minimum Gasteiger partial charge on any atom is -0.489 e. The fourth-order valence-corrected chi connectivity index (χ4v) is 3.46. The Morgan fingerprint density at radius 3 is 2.90 bits per heavy atom. The zero-order valence-electron chi connectivity index (χ0n) is 16.5. The summed E-state index contributed by atoms with van der Waals surface area (Å²) in [5, 5.41) is 5.98. The number of nitrogens with zero attached hydrogens (tertiary/aromatic N) is 2. The van der Waals surface area contributed by atoms with Crippen LogP contribution in [-0.4, -0.2) is 40.4 Å². The molecular formula is C20H23FN4O4. The molecule has 4 rings (SSSR count). The molecule has 29 heavy (non-hydrogen) atoms. The Morgan fingerprint density at radius 2 is 2.21 bits per heavy atom. The van der Waals surface area contributed by atoms with Gasteiger partial charge in [0.1, 0.15) is 24.3 Å². The van der Waals surface area contributed by atoms with E-state index in [1.165, 1.54) is 12.3 Å². The monoisotopic (exact) mass is 402 g/mol. The van der Waals surface area contributed by atoms with Crippen molar-refractivity contribution in [1.82, 2.24) is 9.55 Å². The number of amides is 1. The molecule has 3 heterocycles. The molecule has 2 aliphatic rings. The van der Waals surface area contributed by atoms with Crippen LogP contribution < -0.4 is 21.1 Å². The first-order chi connectivity index (χ1) is 13.7. The third kappa shape index (κ3) is 3.82. The minimum atomic E-state index is -1.26. The van der Waals surface area contributed by atoms with Crippen molar-refractivity contribution in [1.29, 1.82) is 0 Å². The fraction of sp³-hybridized carbons (Fsp3) is 0.450. The molecule has 0 aliphatic carbocycles. The number of nitrogens with one attached hydrogen (secondary N) is 2. The molecule has 1 aromatic heterocycles. The van der Waals surface area contributed by atoms with E-state index < -0.39 is 24.0 Å². The number of aromatic nitrogens is 2. The zero-order valence-corrected chi connectivity index (χ0v) is 16.5. The second kappa shape index (κ2) is 7.14. The molecule has 154 valence electrons. The van der Waals surface area contributed by atoms with E-state index in [2.05, 4.69) is 15.6 Å². The summed E-state index contributed by atoms with van der Waals surface area (Å²) in [6, 6.07) is 4.98. The Hall–Kier alpha value is -2.94. The normalized spacial score (nSPS) is 22.3. The standard InChI is InChI=1S/C20H23FN4O4/c1-11-8-15-14(24-20(2,3)10-29-15)9-12(11)17(26)22-16-4-6-25(19(27)23-16)18-13(21)5-7-28-18/h4,6,8-9,13,18,24H,5,7,10H2,1-3H3,(H,22,23,26,27)/t13-,18?/m0/s1. The van der Waals surface area contributed by atoms with E-state index >= 15 is 0 Å². The molecular weight excluding hydrogens is 379 g/mol. The first-order valence-electron chi connectivity index (χ1n) is 9.45. The van der Waals surface area contributed by atoms with Gasteiger partial charge in [-0.1, -0.05) is 0 Å². The number of benzene rings is 1. The molecule has 2 N–H and O–H groups in total. The van der Waals surface area contributed by atoms with Crippen molar-refractivity contribution >= 4 is 17.4 Å². The minimum absolute atomic E-state index is 0.0892. The average Bonchev–Trinajstić information content (AvgIpc) is 3.07. The predicted octanol–water partition coefficient (Wildman–Crippen LogP) is 2.64. The number of rotatable bonds is 3. The van der Waals surface area contributed by atoms with Gasteiger partial charge in [0.2, 0.25) is 0 Å². The molecule has 0 spiro atoms. The highest BCUT2D eigenvalue weighted by Crippen LogP contribution is 2.35. The molecule has 1 aromatic carbocycles. The number of alkyl halides is 1. The number of hydrogen-bond acceptors (Lipinski definition) is 6. The van der Waals surface area contributed by atoms with Gasteiger partial charge in [-0.15, -0.1) is 0 Å². The molecule has 9 heteroatoms. The van der Waals surface area contributed by atoms with Crippen LogP contribution in [0.4, 0.5) is 15.9 Å². The number of hydrogen-bond donors (Lipinski definition) is 2. The van der Waals surface area contributed by atoms with Gasteiger partial charge in [0.05, 0.1) is 17.8 Å². The summed E-state index contributed by atoms with van der Waals surface area (Å²) >= 11 is 0. The van der Waals surface area contributed by atoms with Crippen LogP contribution in [0.2, 0.25) is 0 Å². The average molecular weight is 402 g/mol. The molecule has 2 aromatic rings. The number of carbonyl (C=O) groups excluding carboxylic acids is 1. The van der Waals surface area contributed by atoms with Gasteiger partial charge in [-0.05, 0) is 44.5 Å². The van der Waals surface area contributed by atoms with Crippen LogP contribution in [0.3, 0.4) is 0 Å². The molecule has 1 saturated heterocycles. The van der Waals surface area contributed by atoms with E-state index in [1.54, 1.807) is 12.1 Å². The van der Waals surface area contributed by atoms with E-state index in [0.29, 0.717) is 17.9 Å². The molecule has 1 fully saturated rings. The molecule has 8 nitrogen and oxygen atoms in total. The van der Waals surface area contributed by atoms with Gasteiger partial charge < -0.3 is 20.1 Å². The van der Waals surface area contributed by atoms with Crippen LogP contribution in [0.25, 0.3) is 0 Å². The van der Waals surface area contributed by atoms with Gasteiger partial charge in [0.15, 0.2) is 6.23 Å². The predicted molar refractivity (Wildman–Crippen MR) is 105 cm³/mol. The number of anilines is 2. The maximum Gasteiger partial charge on any atom is 0.351 e. The van der Waals surface area contributed by atoms with Crippen LogP contribution in [0.15, 0.2) is 29.2 Å². The SMILES string of the molecule is Cc1cc2c(cc1C(=O)Nc1ccn(C3OCC[C@@H]3F)c(=O)n1)NC(C)(C)CO2. The Morgan fingerprint density at radius 1 is 1.41 bits per heavy atom. The number of aryl methyl sites for hydroxylation is 1. The van der Waals surface area contributed by atoms with Gasteiger partial charge in [0.25, 0.3) is 5.91 Å². The Balaban J connectivity index is 1.55. The summed E-state index contributed by atoms with van der Waals surface area (Å²) in [5.41, 5.74) is 0.963. The largest absolute Gasteiger partial charge is 0.489 e. The van der Waals surface area contributed by atoms with Crippen LogP contribution in [0.5, 0.6) is 5.75 Å². The van der Waals surface area contributed by atoms with Crippen molar-refractivity contribution in [2.24, 2.45) is 0 Å². The Labute approximate surface area is 167 Å². The number of fused-ring (bicyclic) bond motifs is 1. The number of ether oxygens (including phenoxy) is 2. The van der Waals surface area contributed by atoms with Crippen LogP contribution in [0, 0.1) is 6.92 Å². The van der Waals surface area contributed by atoms with Gasteiger partial charge in [-0.2, -0.15) is 4.98 Å². The van der Waals surface area contributed by atoms with Gasteiger partial charge in [0, 0.05) is 18.2 Å². The maximum atomic E-state index is 13.8. The lowest BCUT2D eigenvalue weighted by Gasteiger charge is -2.34. The van der Waals surface area contributed by atoms with Crippen molar-refractivity contribution in [2.45, 2.75) is 45.1 Å². The molecule has 0 bridgehead atoms. The van der Waals surface area contributed by atoms with E-state index in [0.717, 1.165) is 15.8 Å². The highest BCUT2D eigenvalue weighted by atomic mass is 19.1. The van der Waals surface area contributed by atoms with Crippen molar-refractivity contribution < 1.29 is 18.7 Å². The first-order valence-corrected chi connectivity index (χ1v) is 9.45. The lowest BCUT2D eigenvalue weighted by molar-refractivity contribution is 0.0180. The highest BCUT2D eigenvalue weighted by Gasteiger charge is 2.31. The molecule has 0 saturated carbocycles. The van der Waals surface area contributed by atoms with Crippen LogP contribution >= 0.6 is 0 Å². The summed E-state index contributed by atoms with van der Waals surface area (Å²) in [5.74, 6) is 0.378. The molecule has 1 unspecified atom stereocenters. The van der Waals surface area contributed by atoms with E-state index in [9.17, 15) is 14.0 Å². The Kier molecular flexibility index (Phi) is 4.77. The summed E-state index contributed by atoms with van der Waals surface area (Å²) in [4.78, 5) is 28.9. The topological polar surface area (TPSA) is 94.5 Å². The van der Waals surface area contributed by atoms with E-state index in [4.69, 9.17) is 9.47 Å². The van der Waals surface area contributed by atoms with Crippen LogP contribution in [0.1, 0.15) is 42.4 Å². The molecule has 0 radical (unpaired) electrons. The van der Waals surface area contributed by atoms with Crippen molar-refractivity contribution in [3.63, 3.8) is 0 Å². The second-order valence-electron chi connectivity index (χ2n) is 7.98. The quantitative estimate of drug-likeness (QED) is 0.820. The second-order valence-corrected chi connectivity index (χ2v) is 7.98. The van der Waals surface area contributed by atoms with E-state index in [1.807, 2.05) is 20.8 Å². The van der Waals surface area contributed by atoms with Crippen LogP contribution in [-0.2, 0) is 4.74 Å². The molecule has 1 amide bonds. The smallest absolute Gasteiger partial charge is 0.351 e. The Bertz CT molecular complexity index is 1020. The lowest BCUT2D eigenvalue weighted by atomic mass is 10.0. The summed E-state index contributed by atoms with van der Waals surface area (Å²) in [7, 11) is 0. The number of halogens is 1. The van der Waals surface area contributed by atoms with Gasteiger partial charge in [-0.3, -0.25) is 9.36 Å². The van der Waals surface area contributed by atoms with E-state index in [-0.39, 0.29) is 24.4 Å². The molecule has 2 atom stereocenters. The lowest BCUT2D eigenvalue weighted by Crippen LogP contribution is -2.41.